The molecular weight excluding hydrogens is 202 g/mol. The van der Waals surface area contributed by atoms with Crippen molar-refractivity contribution in [3.8, 4) is 0 Å². The summed E-state index contributed by atoms with van der Waals surface area (Å²) in [6.45, 7) is 2.77. The van der Waals surface area contributed by atoms with E-state index in [9.17, 15) is 18.4 Å². The molecule has 0 unspecified atom stereocenters. The second-order valence-corrected chi connectivity index (χ2v) is 3.28. The van der Waals surface area contributed by atoms with E-state index in [1.807, 2.05) is 0 Å². The van der Waals surface area contributed by atoms with Crippen LogP contribution in [-0.4, -0.2) is 12.1 Å². The van der Waals surface area contributed by atoms with E-state index in [1.165, 1.54) is 19.9 Å². The van der Waals surface area contributed by atoms with Crippen LogP contribution < -0.4 is 0 Å². The molecule has 0 spiro atoms. The Morgan fingerprint density at radius 2 is 2.00 bits per heavy atom. The molecule has 0 radical (unpaired) electrons. The number of hydrogen-bond donors (Lipinski definition) is 0. The molecule has 0 N–H and O–H groups in total. The molecule has 0 heterocycles. The molecule has 4 heteroatoms. The summed E-state index contributed by atoms with van der Waals surface area (Å²) in [5.41, 5.74) is 0.204. The maximum absolute atomic E-state index is 12.6. The Bertz CT molecular complexity index is 411. The van der Waals surface area contributed by atoms with Crippen LogP contribution in [0.25, 0.3) is 0 Å². The van der Waals surface area contributed by atoms with Crippen molar-refractivity contribution in [3.63, 3.8) is 0 Å². The molecule has 80 valence electrons. The number of alkyl halides is 2. The average Bonchev–Trinajstić information content (AvgIpc) is 2.15. The molecule has 0 saturated heterocycles. The van der Waals surface area contributed by atoms with Crippen LogP contribution in [0, 0.1) is 6.92 Å². The number of ketones is 1. The van der Waals surface area contributed by atoms with Gasteiger partial charge in [0.15, 0.2) is 5.78 Å². The smallest absolute Gasteiger partial charge is 0.264 e. The summed E-state index contributed by atoms with van der Waals surface area (Å²) in [5.74, 6) is -0.416. The van der Waals surface area contributed by atoms with Crippen molar-refractivity contribution in [2.24, 2.45) is 0 Å². The van der Waals surface area contributed by atoms with Gasteiger partial charge in [0.1, 0.15) is 6.29 Å². The number of benzene rings is 1. The predicted molar refractivity (Wildman–Crippen MR) is 51.5 cm³/mol. The van der Waals surface area contributed by atoms with E-state index in [-0.39, 0.29) is 16.7 Å². The zero-order chi connectivity index (χ0) is 11.6. The Morgan fingerprint density at radius 3 is 2.40 bits per heavy atom. The Kier molecular flexibility index (Phi) is 3.29. The second kappa shape index (κ2) is 4.29. The van der Waals surface area contributed by atoms with Crippen molar-refractivity contribution in [2.45, 2.75) is 20.3 Å². The summed E-state index contributed by atoms with van der Waals surface area (Å²) in [4.78, 5) is 21.7. The molecule has 0 saturated carbocycles. The average molecular weight is 212 g/mol. The third kappa shape index (κ3) is 2.26. The first-order chi connectivity index (χ1) is 6.97. The summed E-state index contributed by atoms with van der Waals surface area (Å²) in [6, 6.07) is 2.48. The van der Waals surface area contributed by atoms with Crippen molar-refractivity contribution in [1.82, 2.24) is 0 Å². The van der Waals surface area contributed by atoms with Crippen LogP contribution in [0.5, 0.6) is 0 Å². The van der Waals surface area contributed by atoms with Gasteiger partial charge in [0, 0.05) is 16.7 Å². The van der Waals surface area contributed by atoms with E-state index < -0.39 is 12.2 Å². The van der Waals surface area contributed by atoms with Crippen molar-refractivity contribution in [2.75, 3.05) is 0 Å². The zero-order valence-electron chi connectivity index (χ0n) is 8.38. The van der Waals surface area contributed by atoms with Gasteiger partial charge in [-0.05, 0) is 31.5 Å². The highest BCUT2D eigenvalue weighted by molar-refractivity contribution is 5.98. The molecule has 0 aliphatic rings. The van der Waals surface area contributed by atoms with Crippen LogP contribution in [0.3, 0.4) is 0 Å². The van der Waals surface area contributed by atoms with Gasteiger partial charge < -0.3 is 0 Å². The summed E-state index contributed by atoms with van der Waals surface area (Å²) in [6.07, 6.45) is -2.26. The quantitative estimate of drug-likeness (QED) is 0.570. The minimum Gasteiger partial charge on any atom is -0.298 e. The molecule has 0 fully saturated rings. The van der Waals surface area contributed by atoms with Crippen molar-refractivity contribution >= 4 is 12.1 Å². The number of hydrogen-bond acceptors (Lipinski definition) is 2. The van der Waals surface area contributed by atoms with Gasteiger partial charge in [0.25, 0.3) is 6.43 Å². The van der Waals surface area contributed by atoms with Crippen LogP contribution in [-0.2, 0) is 0 Å². The van der Waals surface area contributed by atoms with Crippen LogP contribution >= 0.6 is 0 Å². The maximum Gasteiger partial charge on any atom is 0.264 e. The van der Waals surface area contributed by atoms with E-state index in [0.29, 0.717) is 11.8 Å². The van der Waals surface area contributed by atoms with E-state index in [4.69, 9.17) is 0 Å². The summed E-state index contributed by atoms with van der Waals surface area (Å²) in [7, 11) is 0. The van der Waals surface area contributed by atoms with E-state index in [1.54, 1.807) is 0 Å². The zero-order valence-corrected chi connectivity index (χ0v) is 8.38. The van der Waals surface area contributed by atoms with Gasteiger partial charge in [-0.1, -0.05) is 0 Å². The largest absolute Gasteiger partial charge is 0.298 e. The summed E-state index contributed by atoms with van der Waals surface area (Å²) in [5, 5.41) is 0. The Balaban J connectivity index is 3.49. The fourth-order valence-electron chi connectivity index (χ4n) is 1.56. The minimum absolute atomic E-state index is 0.00981. The molecule has 1 rings (SSSR count). The van der Waals surface area contributed by atoms with E-state index in [0.717, 1.165) is 6.07 Å². The van der Waals surface area contributed by atoms with Gasteiger partial charge in [-0.15, -0.1) is 0 Å². The van der Waals surface area contributed by atoms with Crippen molar-refractivity contribution in [1.29, 1.82) is 0 Å². The molecule has 1 aromatic carbocycles. The summed E-state index contributed by atoms with van der Waals surface area (Å²) >= 11 is 0. The topological polar surface area (TPSA) is 34.1 Å². The minimum atomic E-state index is -2.75. The third-order valence-electron chi connectivity index (χ3n) is 2.11. The Hall–Kier alpha value is -1.58. The van der Waals surface area contributed by atoms with E-state index in [2.05, 4.69) is 0 Å². The lowest BCUT2D eigenvalue weighted by atomic mass is 9.96. The lowest BCUT2D eigenvalue weighted by Gasteiger charge is -2.10. The van der Waals surface area contributed by atoms with Crippen LogP contribution in [0.2, 0.25) is 0 Å². The number of carbonyl (C=O) groups is 2. The highest BCUT2D eigenvalue weighted by atomic mass is 19.3. The molecular formula is C11H10F2O2. The Labute approximate surface area is 85.9 Å². The first-order valence-electron chi connectivity index (χ1n) is 4.36. The van der Waals surface area contributed by atoms with Gasteiger partial charge in [0.05, 0.1) is 0 Å². The molecule has 15 heavy (non-hydrogen) atoms. The van der Waals surface area contributed by atoms with Gasteiger partial charge >= 0.3 is 0 Å². The molecule has 2 nitrogen and oxygen atoms in total. The van der Waals surface area contributed by atoms with Crippen LogP contribution in [0.15, 0.2) is 12.1 Å². The molecule has 0 aliphatic carbocycles. The second-order valence-electron chi connectivity index (χ2n) is 3.28. The number of rotatable bonds is 3. The molecule has 0 aliphatic heterocycles. The molecule has 0 aromatic heterocycles. The molecule has 1 aromatic rings. The summed E-state index contributed by atoms with van der Waals surface area (Å²) < 4.78 is 25.2. The first-order valence-corrected chi connectivity index (χ1v) is 4.36. The normalized spacial score (nSPS) is 10.5. The predicted octanol–water partition coefficient (Wildman–Crippen LogP) is 2.95. The lowest BCUT2D eigenvalue weighted by molar-refractivity contribution is 0.0996. The van der Waals surface area contributed by atoms with Gasteiger partial charge in [0.2, 0.25) is 0 Å². The van der Waals surface area contributed by atoms with Gasteiger partial charge in [-0.3, -0.25) is 9.59 Å². The number of aldehydes is 1. The Morgan fingerprint density at radius 1 is 1.40 bits per heavy atom. The number of aryl methyl sites for hydroxylation is 1. The third-order valence-corrected chi connectivity index (χ3v) is 2.11. The molecule has 0 atom stereocenters. The maximum atomic E-state index is 12.6. The van der Waals surface area contributed by atoms with E-state index >= 15 is 0 Å². The number of carbonyl (C=O) groups excluding carboxylic acids is 2. The van der Waals surface area contributed by atoms with Crippen molar-refractivity contribution in [3.05, 3.63) is 34.4 Å². The van der Waals surface area contributed by atoms with Crippen molar-refractivity contribution < 1.29 is 18.4 Å². The van der Waals surface area contributed by atoms with Crippen LogP contribution in [0.1, 0.15) is 45.2 Å². The fraction of sp³-hybridized carbons (Fsp3) is 0.273. The standard InChI is InChI=1S/C11H10F2O2/c1-6-3-8(5-14)4-9(11(12)13)10(6)7(2)15/h3-5,11H,1-2H3. The number of Topliss-reactive ketones (excluding diaryl/α,β-unsaturated/α-hetero) is 1. The first kappa shape index (κ1) is 11.5. The highest BCUT2D eigenvalue weighted by Crippen LogP contribution is 2.26. The fourth-order valence-corrected chi connectivity index (χ4v) is 1.56. The number of halogens is 2. The SMILES string of the molecule is CC(=O)c1c(C)cc(C=O)cc1C(F)F. The van der Waals surface area contributed by atoms with Gasteiger partial charge in [-0.25, -0.2) is 8.78 Å². The highest BCUT2D eigenvalue weighted by Gasteiger charge is 2.18. The molecule has 0 bridgehead atoms. The molecule has 0 amide bonds. The monoisotopic (exact) mass is 212 g/mol. The van der Waals surface area contributed by atoms with Gasteiger partial charge in [-0.2, -0.15) is 0 Å². The van der Waals surface area contributed by atoms with Crippen LogP contribution in [0.4, 0.5) is 8.78 Å². The lowest BCUT2D eigenvalue weighted by Crippen LogP contribution is -2.04.